The molecular weight excluding hydrogens is 314 g/mol. The fraction of sp³-hybridized carbons (Fsp3) is 0.400. The Morgan fingerprint density at radius 2 is 2.04 bits per heavy atom. The lowest BCUT2D eigenvalue weighted by Gasteiger charge is -2.00. The monoisotopic (exact) mass is 331 g/mol. The Kier molecular flexibility index (Phi) is 5.02. The number of hydrogen-bond acceptors (Lipinski definition) is 8. The lowest BCUT2D eigenvalue weighted by atomic mass is 10.2. The molecule has 0 fully saturated rings. The fourth-order valence-electron chi connectivity index (χ4n) is 1.94. The van der Waals surface area contributed by atoms with Crippen molar-refractivity contribution in [2.24, 2.45) is 0 Å². The smallest absolute Gasteiger partial charge is 0.277 e. The molecule has 0 aliphatic carbocycles. The van der Waals surface area contributed by atoms with Crippen LogP contribution in [0.1, 0.15) is 43.7 Å². The highest BCUT2D eigenvalue weighted by molar-refractivity contribution is 7.99. The number of rotatable bonds is 7. The van der Waals surface area contributed by atoms with Gasteiger partial charge in [-0.15, -0.1) is 10.2 Å². The van der Waals surface area contributed by atoms with E-state index in [4.69, 9.17) is 8.94 Å². The predicted octanol–water partition coefficient (Wildman–Crippen LogP) is 3.71. The Bertz CT molecular complexity index is 743. The third kappa shape index (κ3) is 3.95. The highest BCUT2D eigenvalue weighted by Crippen LogP contribution is 2.34. The molecule has 1 atom stereocenters. The van der Waals surface area contributed by atoms with Crippen LogP contribution in [0.3, 0.4) is 0 Å². The van der Waals surface area contributed by atoms with Gasteiger partial charge in [0.25, 0.3) is 5.22 Å². The lowest BCUT2D eigenvalue weighted by molar-refractivity contribution is 0.373. The quantitative estimate of drug-likeness (QED) is 0.605. The number of aromatic nitrogens is 5. The zero-order valence-electron chi connectivity index (χ0n) is 13.0. The maximum Gasteiger partial charge on any atom is 0.277 e. The Morgan fingerprint density at radius 1 is 1.22 bits per heavy atom. The molecule has 8 heteroatoms. The molecule has 0 aliphatic heterocycles. The second-order valence-electron chi connectivity index (χ2n) is 5.02. The van der Waals surface area contributed by atoms with Crippen LogP contribution in [0, 0.1) is 0 Å². The second-order valence-corrected chi connectivity index (χ2v) is 6.31. The number of pyridine rings is 1. The molecule has 0 aromatic carbocycles. The molecule has 3 aromatic rings. The van der Waals surface area contributed by atoms with Gasteiger partial charge < -0.3 is 8.94 Å². The van der Waals surface area contributed by atoms with Crippen LogP contribution < -0.4 is 0 Å². The van der Waals surface area contributed by atoms with Crippen molar-refractivity contribution < 1.29 is 8.94 Å². The summed E-state index contributed by atoms with van der Waals surface area (Å²) in [7, 11) is 0. The van der Waals surface area contributed by atoms with E-state index in [-0.39, 0.29) is 5.25 Å². The first-order chi connectivity index (χ1) is 11.3. The van der Waals surface area contributed by atoms with E-state index in [0.29, 0.717) is 17.0 Å². The molecule has 0 bridgehead atoms. The molecule has 3 heterocycles. The summed E-state index contributed by atoms with van der Waals surface area (Å²) in [5.41, 5.74) is 0.839. The van der Waals surface area contributed by atoms with Gasteiger partial charge in [-0.25, -0.2) is 0 Å². The Hall–Kier alpha value is -2.22. The van der Waals surface area contributed by atoms with E-state index in [1.807, 2.05) is 19.1 Å². The molecule has 23 heavy (non-hydrogen) atoms. The van der Waals surface area contributed by atoms with Gasteiger partial charge in [-0.3, -0.25) is 4.98 Å². The van der Waals surface area contributed by atoms with E-state index in [1.165, 1.54) is 11.8 Å². The third-order valence-electron chi connectivity index (χ3n) is 3.20. The van der Waals surface area contributed by atoms with Crippen molar-refractivity contribution >= 4 is 11.8 Å². The summed E-state index contributed by atoms with van der Waals surface area (Å²) in [4.78, 5) is 8.38. The van der Waals surface area contributed by atoms with Crippen molar-refractivity contribution in [3.8, 4) is 11.5 Å². The van der Waals surface area contributed by atoms with Crippen molar-refractivity contribution in [1.29, 1.82) is 0 Å². The molecule has 0 saturated carbocycles. The number of aryl methyl sites for hydroxylation is 1. The van der Waals surface area contributed by atoms with Crippen LogP contribution in [-0.4, -0.2) is 25.3 Å². The summed E-state index contributed by atoms with van der Waals surface area (Å²) >= 11 is 1.40. The van der Waals surface area contributed by atoms with E-state index in [1.54, 1.807) is 12.4 Å². The molecule has 7 nitrogen and oxygen atoms in total. The minimum Gasteiger partial charge on any atom is -0.411 e. The molecule has 0 amide bonds. The number of unbranched alkanes of at least 4 members (excludes halogenated alkanes) is 1. The largest absolute Gasteiger partial charge is 0.411 e. The first-order valence-corrected chi connectivity index (χ1v) is 8.37. The lowest BCUT2D eigenvalue weighted by Crippen LogP contribution is -1.91. The minimum absolute atomic E-state index is 0.0522. The van der Waals surface area contributed by atoms with Crippen LogP contribution >= 0.6 is 11.8 Å². The topological polar surface area (TPSA) is 90.7 Å². The highest BCUT2D eigenvalue weighted by atomic mass is 32.2. The summed E-state index contributed by atoms with van der Waals surface area (Å²) < 4.78 is 11.0. The zero-order valence-corrected chi connectivity index (χ0v) is 13.8. The van der Waals surface area contributed by atoms with Crippen molar-refractivity contribution in [1.82, 2.24) is 25.3 Å². The molecule has 0 N–H and O–H groups in total. The van der Waals surface area contributed by atoms with Crippen molar-refractivity contribution in [3.05, 3.63) is 36.2 Å². The summed E-state index contributed by atoms with van der Waals surface area (Å²) in [6.45, 7) is 4.10. The van der Waals surface area contributed by atoms with Crippen LogP contribution in [0.25, 0.3) is 11.5 Å². The van der Waals surface area contributed by atoms with Gasteiger partial charge in [0.2, 0.25) is 11.8 Å². The molecular formula is C15H17N5O2S. The van der Waals surface area contributed by atoms with E-state index >= 15 is 0 Å². The van der Waals surface area contributed by atoms with E-state index < -0.39 is 0 Å². The van der Waals surface area contributed by atoms with E-state index in [9.17, 15) is 0 Å². The molecule has 3 rings (SSSR count). The van der Waals surface area contributed by atoms with Crippen molar-refractivity contribution in [2.45, 2.75) is 43.6 Å². The van der Waals surface area contributed by atoms with Crippen molar-refractivity contribution in [3.63, 3.8) is 0 Å². The van der Waals surface area contributed by atoms with Crippen LogP contribution in [0.2, 0.25) is 0 Å². The standard InChI is InChI=1S/C15H17N5O2S/c1-3-4-5-12-17-13(22-20-12)10(2)23-15-19-18-14(21-15)11-6-8-16-9-7-11/h6-10H,3-5H2,1-2H3. The third-order valence-corrected chi connectivity index (χ3v) is 4.12. The molecule has 0 radical (unpaired) electrons. The van der Waals surface area contributed by atoms with Gasteiger partial charge in [0.15, 0.2) is 5.82 Å². The maximum absolute atomic E-state index is 5.66. The Morgan fingerprint density at radius 3 is 2.83 bits per heavy atom. The summed E-state index contributed by atoms with van der Waals surface area (Å²) in [6.07, 6.45) is 6.37. The normalized spacial score (nSPS) is 12.4. The van der Waals surface area contributed by atoms with Crippen LogP contribution in [0.15, 0.2) is 38.7 Å². The van der Waals surface area contributed by atoms with Gasteiger partial charge in [0.05, 0.1) is 5.25 Å². The predicted molar refractivity (Wildman–Crippen MR) is 84.7 cm³/mol. The summed E-state index contributed by atoms with van der Waals surface area (Å²) in [5, 5.41) is 12.5. The Labute approximate surface area is 137 Å². The SMILES string of the molecule is CCCCc1noc(C(C)Sc2nnc(-c3ccncc3)o2)n1. The van der Waals surface area contributed by atoms with Gasteiger partial charge >= 0.3 is 0 Å². The van der Waals surface area contributed by atoms with E-state index in [0.717, 1.165) is 30.7 Å². The molecule has 1 unspecified atom stereocenters. The Balaban J connectivity index is 1.65. The first-order valence-electron chi connectivity index (χ1n) is 7.49. The summed E-state index contributed by atoms with van der Waals surface area (Å²) in [5.74, 6) is 1.79. The van der Waals surface area contributed by atoms with Crippen LogP contribution in [0.4, 0.5) is 0 Å². The van der Waals surface area contributed by atoms with Gasteiger partial charge in [-0.1, -0.05) is 30.3 Å². The van der Waals surface area contributed by atoms with Crippen molar-refractivity contribution in [2.75, 3.05) is 0 Å². The van der Waals surface area contributed by atoms with E-state index in [2.05, 4.69) is 32.2 Å². The number of hydrogen-bond donors (Lipinski definition) is 0. The molecule has 120 valence electrons. The second kappa shape index (κ2) is 7.36. The maximum atomic E-state index is 5.66. The van der Waals surface area contributed by atoms with Gasteiger partial charge in [0, 0.05) is 24.4 Å². The highest BCUT2D eigenvalue weighted by Gasteiger charge is 2.19. The van der Waals surface area contributed by atoms with Gasteiger partial charge in [-0.05, 0) is 25.5 Å². The average molecular weight is 331 g/mol. The van der Waals surface area contributed by atoms with Gasteiger partial charge in [0.1, 0.15) is 0 Å². The molecule has 0 aliphatic rings. The number of nitrogens with zero attached hydrogens (tertiary/aromatic N) is 5. The van der Waals surface area contributed by atoms with Gasteiger partial charge in [-0.2, -0.15) is 4.98 Å². The zero-order chi connectivity index (χ0) is 16.1. The summed E-state index contributed by atoms with van der Waals surface area (Å²) in [6, 6.07) is 3.65. The van der Waals surface area contributed by atoms with Crippen LogP contribution in [0.5, 0.6) is 0 Å². The minimum atomic E-state index is -0.0522. The van der Waals surface area contributed by atoms with Crippen LogP contribution in [-0.2, 0) is 6.42 Å². The fourth-order valence-corrected chi connectivity index (χ4v) is 2.65. The molecule has 0 spiro atoms. The first kappa shape index (κ1) is 15.7. The molecule has 3 aromatic heterocycles. The average Bonchev–Trinajstić information content (AvgIpc) is 3.23. The molecule has 0 saturated heterocycles. The number of thioether (sulfide) groups is 1.